The van der Waals surface area contributed by atoms with Gasteiger partial charge >= 0.3 is 0 Å². The molecular weight excluding hydrogens is 388 g/mol. The molecular formula is C18H25ClN4O3S. The minimum Gasteiger partial charge on any atom is -0.353 e. The fraction of sp³-hybridized carbons (Fsp3) is 0.556. The van der Waals surface area contributed by atoms with Crippen LogP contribution in [0.1, 0.15) is 44.6 Å². The molecule has 2 saturated heterocycles. The summed E-state index contributed by atoms with van der Waals surface area (Å²) in [6.45, 7) is 1.83. The Hall–Kier alpha value is -1.64. The third-order valence-corrected chi connectivity index (χ3v) is 6.73. The van der Waals surface area contributed by atoms with Gasteiger partial charge in [0, 0.05) is 30.1 Å². The lowest BCUT2D eigenvalue weighted by atomic mass is 9.99. The Balaban J connectivity index is 0.00000210. The van der Waals surface area contributed by atoms with E-state index in [0.29, 0.717) is 23.5 Å². The van der Waals surface area contributed by atoms with Crippen molar-refractivity contribution in [3.8, 4) is 0 Å². The lowest BCUT2D eigenvalue weighted by molar-refractivity contribution is -0.122. The number of amides is 1. The number of aliphatic imine (C=N–C) groups is 1. The van der Waals surface area contributed by atoms with Gasteiger partial charge < -0.3 is 10.6 Å². The second-order valence-electron chi connectivity index (χ2n) is 7.51. The molecule has 0 radical (unpaired) electrons. The molecule has 3 heterocycles. The van der Waals surface area contributed by atoms with Crippen molar-refractivity contribution < 1.29 is 13.2 Å². The number of benzene rings is 1. The quantitative estimate of drug-likeness (QED) is 0.694. The zero-order valence-electron chi connectivity index (χ0n) is 15.1. The van der Waals surface area contributed by atoms with Crippen molar-refractivity contribution in [3.63, 3.8) is 0 Å². The molecule has 9 heteroatoms. The number of sulfonamides is 1. The van der Waals surface area contributed by atoms with Gasteiger partial charge in [0.2, 0.25) is 5.91 Å². The van der Waals surface area contributed by atoms with Crippen LogP contribution in [0.4, 0.5) is 0 Å². The van der Waals surface area contributed by atoms with Crippen LogP contribution in [-0.4, -0.2) is 44.3 Å². The molecule has 0 aliphatic carbocycles. The highest BCUT2D eigenvalue weighted by Crippen LogP contribution is 2.27. The molecule has 4 rings (SSSR count). The number of hydrogen-bond donors (Lipinski definition) is 3. The number of rotatable bonds is 4. The SMILES string of the molecule is CC(CC(=O)NC1CC2CCC(C1)N2)N=C1NS(=O)(=O)c2ccccc21.Cl. The molecule has 0 spiro atoms. The second kappa shape index (κ2) is 7.77. The summed E-state index contributed by atoms with van der Waals surface area (Å²) in [4.78, 5) is 17.0. The lowest BCUT2D eigenvalue weighted by Crippen LogP contribution is -2.48. The lowest BCUT2D eigenvalue weighted by Gasteiger charge is -2.29. The van der Waals surface area contributed by atoms with Crippen molar-refractivity contribution in [2.75, 3.05) is 0 Å². The predicted octanol–water partition coefficient (Wildman–Crippen LogP) is 1.32. The highest BCUT2D eigenvalue weighted by Gasteiger charge is 2.34. The molecule has 3 aliphatic heterocycles. The molecule has 1 aromatic rings. The topological polar surface area (TPSA) is 99.7 Å². The molecule has 3 N–H and O–H groups in total. The van der Waals surface area contributed by atoms with E-state index in [-0.39, 0.29) is 41.7 Å². The maximum atomic E-state index is 12.4. The van der Waals surface area contributed by atoms with Crippen LogP contribution >= 0.6 is 12.4 Å². The van der Waals surface area contributed by atoms with Crippen LogP contribution < -0.4 is 15.4 Å². The van der Waals surface area contributed by atoms with Gasteiger partial charge in [-0.3, -0.25) is 14.5 Å². The number of nitrogens with zero attached hydrogens (tertiary/aromatic N) is 1. The number of fused-ring (bicyclic) bond motifs is 3. The Labute approximate surface area is 165 Å². The first-order valence-corrected chi connectivity index (χ1v) is 10.6. The van der Waals surface area contributed by atoms with E-state index in [1.165, 1.54) is 12.8 Å². The van der Waals surface area contributed by atoms with Crippen molar-refractivity contribution in [1.29, 1.82) is 0 Å². The highest BCUT2D eigenvalue weighted by atomic mass is 35.5. The van der Waals surface area contributed by atoms with Crippen LogP contribution in [0, 0.1) is 0 Å². The van der Waals surface area contributed by atoms with Crippen LogP contribution in [0.5, 0.6) is 0 Å². The van der Waals surface area contributed by atoms with Crippen LogP contribution in [0.2, 0.25) is 0 Å². The molecule has 3 aliphatic rings. The van der Waals surface area contributed by atoms with E-state index in [1.807, 2.05) is 6.92 Å². The summed E-state index contributed by atoms with van der Waals surface area (Å²) in [7, 11) is -3.55. The maximum Gasteiger partial charge on any atom is 0.263 e. The third kappa shape index (κ3) is 4.28. The first kappa shape index (κ1) is 20.1. The molecule has 148 valence electrons. The predicted molar refractivity (Wildman–Crippen MR) is 106 cm³/mol. The van der Waals surface area contributed by atoms with E-state index in [9.17, 15) is 13.2 Å². The van der Waals surface area contributed by atoms with E-state index in [0.717, 1.165) is 12.8 Å². The number of halogens is 1. The Morgan fingerprint density at radius 1 is 1.26 bits per heavy atom. The van der Waals surface area contributed by atoms with Gasteiger partial charge in [0.05, 0.1) is 10.9 Å². The Morgan fingerprint density at radius 3 is 2.63 bits per heavy atom. The van der Waals surface area contributed by atoms with E-state index in [1.54, 1.807) is 24.3 Å². The second-order valence-corrected chi connectivity index (χ2v) is 9.16. The molecule has 0 saturated carbocycles. The van der Waals surface area contributed by atoms with Gasteiger partial charge in [-0.25, -0.2) is 8.42 Å². The number of carbonyl (C=O) groups excluding carboxylic acids is 1. The van der Waals surface area contributed by atoms with Gasteiger partial charge in [-0.1, -0.05) is 12.1 Å². The Kier molecular flexibility index (Phi) is 5.79. The van der Waals surface area contributed by atoms with Gasteiger partial charge in [0.1, 0.15) is 5.84 Å². The summed E-state index contributed by atoms with van der Waals surface area (Å²) in [5.41, 5.74) is 0.565. The molecule has 1 amide bonds. The highest BCUT2D eigenvalue weighted by molar-refractivity contribution is 7.90. The van der Waals surface area contributed by atoms with E-state index in [4.69, 9.17) is 0 Å². The van der Waals surface area contributed by atoms with Gasteiger partial charge in [-0.05, 0) is 44.7 Å². The summed E-state index contributed by atoms with van der Waals surface area (Å²) in [6.07, 6.45) is 4.60. The zero-order valence-corrected chi connectivity index (χ0v) is 16.8. The fourth-order valence-electron chi connectivity index (χ4n) is 4.23. The molecule has 1 aromatic carbocycles. The average Bonchev–Trinajstić information content (AvgIpc) is 3.04. The summed E-state index contributed by atoms with van der Waals surface area (Å²) in [5.74, 6) is 0.295. The van der Waals surface area contributed by atoms with Gasteiger partial charge in [0.15, 0.2) is 0 Å². The Morgan fingerprint density at radius 2 is 1.93 bits per heavy atom. The minimum atomic E-state index is -3.55. The van der Waals surface area contributed by atoms with Crippen LogP contribution in [0.15, 0.2) is 34.2 Å². The van der Waals surface area contributed by atoms with E-state index in [2.05, 4.69) is 20.3 Å². The number of carbonyl (C=O) groups is 1. The summed E-state index contributed by atoms with van der Waals surface area (Å²) < 4.78 is 26.7. The van der Waals surface area contributed by atoms with Crippen LogP contribution in [0.25, 0.3) is 0 Å². The molecule has 3 unspecified atom stereocenters. The van der Waals surface area contributed by atoms with Gasteiger partial charge in [-0.15, -0.1) is 12.4 Å². The van der Waals surface area contributed by atoms with Crippen LogP contribution in [0.3, 0.4) is 0 Å². The zero-order chi connectivity index (χ0) is 18.3. The minimum absolute atomic E-state index is 0. The normalized spacial score (nSPS) is 30.1. The molecule has 7 nitrogen and oxygen atoms in total. The molecule has 0 aromatic heterocycles. The maximum absolute atomic E-state index is 12.4. The number of piperidine rings is 1. The molecule has 2 fully saturated rings. The summed E-state index contributed by atoms with van der Waals surface area (Å²) in [5, 5.41) is 6.69. The third-order valence-electron chi connectivity index (χ3n) is 5.33. The monoisotopic (exact) mass is 412 g/mol. The Bertz CT molecular complexity index is 846. The van der Waals surface area contributed by atoms with Crippen molar-refractivity contribution in [2.45, 2.75) is 68.1 Å². The number of nitrogens with one attached hydrogen (secondary N) is 3. The van der Waals surface area contributed by atoms with Crippen molar-refractivity contribution in [2.24, 2.45) is 4.99 Å². The van der Waals surface area contributed by atoms with E-state index >= 15 is 0 Å². The fourth-order valence-corrected chi connectivity index (χ4v) is 5.46. The van der Waals surface area contributed by atoms with Gasteiger partial charge in [-0.2, -0.15) is 0 Å². The molecule has 27 heavy (non-hydrogen) atoms. The summed E-state index contributed by atoms with van der Waals surface area (Å²) in [6, 6.07) is 7.72. The van der Waals surface area contributed by atoms with Crippen LogP contribution in [-0.2, 0) is 14.8 Å². The largest absolute Gasteiger partial charge is 0.353 e. The standard InChI is InChI=1S/C18H24N4O3S.ClH/c1-11(8-17(23)21-14-9-12-6-7-13(10-14)20-12)19-18-15-4-2-3-5-16(15)26(24,25)22-18;/h2-5,11-14,20H,6-10H2,1H3,(H,19,22)(H,21,23);1H. The first-order chi connectivity index (χ1) is 12.4. The van der Waals surface area contributed by atoms with Crippen molar-refractivity contribution in [1.82, 2.24) is 15.4 Å². The molecule has 3 atom stereocenters. The number of amidine groups is 1. The smallest absolute Gasteiger partial charge is 0.263 e. The summed E-state index contributed by atoms with van der Waals surface area (Å²) >= 11 is 0. The molecule has 2 bridgehead atoms. The first-order valence-electron chi connectivity index (χ1n) is 9.16. The van der Waals surface area contributed by atoms with Gasteiger partial charge in [0.25, 0.3) is 10.0 Å². The average molecular weight is 413 g/mol. The van der Waals surface area contributed by atoms with Crippen molar-refractivity contribution in [3.05, 3.63) is 29.8 Å². The van der Waals surface area contributed by atoms with E-state index < -0.39 is 10.0 Å². The number of hydrogen-bond acceptors (Lipinski definition) is 5. The van der Waals surface area contributed by atoms with Crippen molar-refractivity contribution >= 4 is 34.2 Å².